The molecule has 1 heterocycles. The highest BCUT2D eigenvalue weighted by Crippen LogP contribution is 2.40. The summed E-state index contributed by atoms with van der Waals surface area (Å²) < 4.78 is 11.2. The summed E-state index contributed by atoms with van der Waals surface area (Å²) >= 11 is 0. The average Bonchev–Trinajstić information content (AvgIpc) is 3.08. The SMILES string of the molecule is COC(=O)C1=C(C)NC(C)=C(C(=O)OC(C)(C)CN(C)CCC(c2ccccc2)c2ccccc2)[C@@H]1c1cccc([N+](=O)[O-])c1.O=C(O)C(=O)O. The van der Waals surface area contributed by atoms with E-state index >= 15 is 0 Å². The van der Waals surface area contributed by atoms with Crippen LogP contribution in [0.1, 0.15) is 62.6 Å². The van der Waals surface area contributed by atoms with Gasteiger partial charge in [0.2, 0.25) is 0 Å². The molecule has 0 aliphatic carbocycles. The first kappa shape index (κ1) is 39.6. The molecule has 0 fully saturated rings. The van der Waals surface area contributed by atoms with Crippen LogP contribution < -0.4 is 5.32 Å². The van der Waals surface area contributed by atoms with Crippen LogP contribution in [0.4, 0.5) is 5.69 Å². The number of hydrogen-bond donors (Lipinski definition) is 3. The molecule has 0 saturated carbocycles. The average molecular weight is 702 g/mol. The van der Waals surface area contributed by atoms with Crippen molar-refractivity contribution < 1.29 is 43.8 Å². The first-order valence-corrected chi connectivity index (χ1v) is 16.1. The number of ether oxygens (including phenoxy) is 2. The van der Waals surface area contributed by atoms with Gasteiger partial charge in [0, 0.05) is 36.0 Å². The number of aliphatic carboxylic acids is 2. The number of esters is 2. The number of rotatable bonds is 12. The number of allylic oxidation sites excluding steroid dienone is 2. The maximum atomic E-state index is 14.0. The van der Waals surface area contributed by atoms with Crippen molar-refractivity contribution in [2.45, 2.75) is 51.6 Å². The van der Waals surface area contributed by atoms with Gasteiger partial charge in [-0.05, 0) is 64.4 Å². The van der Waals surface area contributed by atoms with Gasteiger partial charge in [0.15, 0.2) is 0 Å². The molecule has 13 nitrogen and oxygen atoms in total. The molecule has 0 saturated heterocycles. The number of carboxylic acids is 2. The van der Waals surface area contributed by atoms with Gasteiger partial charge in [-0.15, -0.1) is 0 Å². The van der Waals surface area contributed by atoms with Crippen molar-refractivity contribution in [3.8, 4) is 0 Å². The molecule has 51 heavy (non-hydrogen) atoms. The second-order valence-corrected chi connectivity index (χ2v) is 12.6. The minimum atomic E-state index is -1.82. The Morgan fingerprint density at radius 1 is 0.863 bits per heavy atom. The summed E-state index contributed by atoms with van der Waals surface area (Å²) in [5.74, 6) is -5.61. The van der Waals surface area contributed by atoms with Crippen LogP contribution in [0.5, 0.6) is 0 Å². The fraction of sp³-hybridized carbons (Fsp3) is 0.316. The van der Waals surface area contributed by atoms with E-state index in [0.29, 0.717) is 23.5 Å². The molecule has 3 N–H and O–H groups in total. The zero-order valence-corrected chi connectivity index (χ0v) is 29.4. The number of nitro groups is 1. The quantitative estimate of drug-likeness (QED) is 0.0916. The molecule has 1 atom stereocenters. The van der Waals surface area contributed by atoms with E-state index < -0.39 is 40.3 Å². The largest absolute Gasteiger partial charge is 0.473 e. The predicted molar refractivity (Wildman–Crippen MR) is 189 cm³/mol. The number of methoxy groups -OCH3 is 1. The molecule has 0 spiro atoms. The number of benzene rings is 3. The molecule has 0 radical (unpaired) electrons. The number of carbonyl (C=O) groups excluding carboxylic acids is 2. The van der Waals surface area contributed by atoms with Crippen LogP contribution in [0.25, 0.3) is 0 Å². The van der Waals surface area contributed by atoms with Gasteiger partial charge in [-0.25, -0.2) is 19.2 Å². The van der Waals surface area contributed by atoms with Crippen molar-refractivity contribution in [1.82, 2.24) is 10.2 Å². The molecule has 0 aromatic heterocycles. The Bertz CT molecular complexity index is 1750. The zero-order valence-electron chi connectivity index (χ0n) is 29.4. The molecule has 13 heteroatoms. The summed E-state index contributed by atoms with van der Waals surface area (Å²) in [5.41, 5.74) is 3.24. The number of nitro benzene ring substituents is 1. The topological polar surface area (TPSA) is 186 Å². The van der Waals surface area contributed by atoms with Crippen molar-refractivity contribution in [2.75, 3.05) is 27.2 Å². The third kappa shape index (κ3) is 10.8. The van der Waals surface area contributed by atoms with E-state index in [0.717, 1.165) is 13.0 Å². The van der Waals surface area contributed by atoms with Crippen LogP contribution in [0, 0.1) is 10.1 Å². The Morgan fingerprint density at radius 2 is 1.37 bits per heavy atom. The lowest BCUT2D eigenvalue weighted by Crippen LogP contribution is -2.42. The highest BCUT2D eigenvalue weighted by atomic mass is 16.6. The lowest BCUT2D eigenvalue weighted by atomic mass is 9.80. The Hall–Kier alpha value is -5.82. The van der Waals surface area contributed by atoms with Gasteiger partial charge in [-0.1, -0.05) is 72.8 Å². The summed E-state index contributed by atoms with van der Waals surface area (Å²) in [7, 11) is 3.26. The van der Waals surface area contributed by atoms with Gasteiger partial charge >= 0.3 is 23.9 Å². The van der Waals surface area contributed by atoms with E-state index in [1.165, 1.54) is 36.4 Å². The van der Waals surface area contributed by atoms with Crippen LogP contribution in [-0.4, -0.2) is 76.8 Å². The second-order valence-electron chi connectivity index (χ2n) is 12.6. The second kappa shape index (κ2) is 17.7. The first-order chi connectivity index (χ1) is 24.1. The van der Waals surface area contributed by atoms with Gasteiger partial charge in [-0.2, -0.15) is 0 Å². The third-order valence-corrected chi connectivity index (χ3v) is 8.21. The van der Waals surface area contributed by atoms with Crippen molar-refractivity contribution in [2.24, 2.45) is 0 Å². The van der Waals surface area contributed by atoms with E-state index in [4.69, 9.17) is 29.3 Å². The number of non-ortho nitro benzene ring substituents is 1. The van der Waals surface area contributed by atoms with Crippen molar-refractivity contribution in [3.05, 3.63) is 134 Å². The van der Waals surface area contributed by atoms with Crippen molar-refractivity contribution in [1.29, 1.82) is 0 Å². The van der Waals surface area contributed by atoms with Crippen molar-refractivity contribution >= 4 is 29.6 Å². The molecule has 4 rings (SSSR count). The summed E-state index contributed by atoms with van der Waals surface area (Å²) in [6, 6.07) is 26.8. The van der Waals surface area contributed by atoms with Crippen molar-refractivity contribution in [3.63, 3.8) is 0 Å². The number of nitrogens with one attached hydrogen (secondary N) is 1. The molecule has 3 aromatic rings. The highest BCUT2D eigenvalue weighted by molar-refractivity contribution is 6.27. The molecule has 0 unspecified atom stereocenters. The molecule has 1 aliphatic heterocycles. The number of dihydropyridines is 1. The number of carbonyl (C=O) groups is 4. The molecular formula is C38H43N3O10. The van der Waals surface area contributed by atoms with Gasteiger partial charge < -0.3 is 29.9 Å². The summed E-state index contributed by atoms with van der Waals surface area (Å²) in [6.07, 6.45) is 0.865. The third-order valence-electron chi connectivity index (χ3n) is 8.21. The van der Waals surface area contributed by atoms with Gasteiger partial charge in [-0.3, -0.25) is 10.1 Å². The first-order valence-electron chi connectivity index (χ1n) is 16.1. The molecule has 1 aliphatic rings. The summed E-state index contributed by atoms with van der Waals surface area (Å²) in [6.45, 7) is 8.34. The number of nitrogens with zero attached hydrogens (tertiary/aromatic N) is 2. The minimum absolute atomic E-state index is 0.149. The van der Waals surface area contributed by atoms with Crippen LogP contribution in [0.3, 0.4) is 0 Å². The molecule has 3 aromatic carbocycles. The minimum Gasteiger partial charge on any atom is -0.473 e. The van der Waals surface area contributed by atoms with Gasteiger partial charge in [0.25, 0.3) is 5.69 Å². The molecule has 270 valence electrons. The lowest BCUT2D eigenvalue weighted by molar-refractivity contribution is -0.384. The van der Waals surface area contributed by atoms with E-state index in [9.17, 15) is 19.7 Å². The van der Waals surface area contributed by atoms with Crippen LogP contribution >= 0.6 is 0 Å². The van der Waals surface area contributed by atoms with Crippen LogP contribution in [-0.2, 0) is 28.7 Å². The van der Waals surface area contributed by atoms with Gasteiger partial charge in [0.1, 0.15) is 5.60 Å². The van der Waals surface area contributed by atoms with Crippen LogP contribution in [0.2, 0.25) is 0 Å². The Kier molecular flexibility index (Phi) is 13.8. The highest BCUT2D eigenvalue weighted by Gasteiger charge is 2.40. The van der Waals surface area contributed by atoms with Crippen LogP contribution in [0.15, 0.2) is 107 Å². The smallest absolute Gasteiger partial charge is 0.414 e. The van der Waals surface area contributed by atoms with E-state index in [-0.39, 0.29) is 22.8 Å². The Balaban J connectivity index is 0.00000107. The summed E-state index contributed by atoms with van der Waals surface area (Å²) in [4.78, 5) is 58.4. The number of carboxylic acid groups (broad SMARTS) is 2. The zero-order chi connectivity index (χ0) is 37.9. The molecular weight excluding hydrogens is 658 g/mol. The van der Waals surface area contributed by atoms with Gasteiger partial charge in [0.05, 0.1) is 29.1 Å². The Labute approximate surface area is 296 Å². The fourth-order valence-electron chi connectivity index (χ4n) is 6.11. The van der Waals surface area contributed by atoms with E-state index in [1.54, 1.807) is 19.9 Å². The maximum absolute atomic E-state index is 14.0. The maximum Gasteiger partial charge on any atom is 0.414 e. The normalized spacial score (nSPS) is 14.3. The number of likely N-dealkylation sites (N-methyl/N-ethyl adjacent to an activating group) is 1. The standard InChI is InChI=1S/C36H41N3O6.C2H2O4/c1-24-31(34(40)44-6)33(28-18-13-19-29(22-28)39(42)43)32(25(2)37-24)35(41)45-36(3,4)23-38(5)21-20-30(26-14-9-7-10-15-26)27-16-11-8-12-17-27;3-1(4)2(5)6/h7-19,22,30,33,37H,20-21,23H2,1-6H3;(H,3,4)(H,5,6)/t33-;/m1./s1. The monoisotopic (exact) mass is 701 g/mol. The lowest BCUT2D eigenvalue weighted by Gasteiger charge is -2.34. The Morgan fingerprint density at radius 3 is 1.84 bits per heavy atom. The predicted octanol–water partition coefficient (Wildman–Crippen LogP) is 5.63. The van der Waals surface area contributed by atoms with E-state index in [1.807, 2.05) is 33.0 Å². The molecule has 0 bridgehead atoms. The van der Waals surface area contributed by atoms with E-state index in [2.05, 4.69) is 58.7 Å². The molecule has 0 amide bonds. The number of hydrogen-bond acceptors (Lipinski definition) is 10. The fourth-order valence-corrected chi connectivity index (χ4v) is 6.11. The summed E-state index contributed by atoms with van der Waals surface area (Å²) in [5, 5.41) is 29.5.